The molecule has 0 saturated heterocycles. The number of anilines is 1. The molecule has 0 spiro atoms. The Morgan fingerprint density at radius 1 is 1.36 bits per heavy atom. The largest absolute Gasteiger partial charge is 0.490 e. The molecule has 0 aromatic heterocycles. The maximum Gasteiger partial charge on any atom is 0.323 e. The molecule has 1 aliphatic rings. The van der Waals surface area contributed by atoms with Crippen LogP contribution in [0, 0.1) is 0 Å². The molecular formula is C15H20N2O5. The lowest BCUT2D eigenvalue weighted by molar-refractivity contribution is -0.135. The van der Waals surface area contributed by atoms with Gasteiger partial charge in [-0.05, 0) is 31.2 Å². The number of nitrogens with zero attached hydrogens (tertiary/aromatic N) is 1. The van der Waals surface area contributed by atoms with Gasteiger partial charge in [-0.3, -0.25) is 9.59 Å². The van der Waals surface area contributed by atoms with Crippen LogP contribution in [0.1, 0.15) is 16.8 Å². The van der Waals surface area contributed by atoms with E-state index in [1.165, 1.54) is 0 Å². The van der Waals surface area contributed by atoms with Crippen molar-refractivity contribution in [1.29, 1.82) is 0 Å². The van der Waals surface area contributed by atoms with Crippen LogP contribution < -0.4 is 15.0 Å². The predicted molar refractivity (Wildman–Crippen MR) is 80.7 cm³/mol. The molecule has 0 radical (unpaired) electrons. The van der Waals surface area contributed by atoms with Crippen LogP contribution in [0.5, 0.6) is 5.75 Å². The molecule has 1 aromatic carbocycles. The number of nitrogens with one attached hydrogen (secondary N) is 1. The molecule has 0 aliphatic carbocycles. The summed E-state index contributed by atoms with van der Waals surface area (Å²) in [5, 5.41) is 20.6. The average Bonchev–Trinajstić information content (AvgIpc) is 2.51. The lowest BCUT2D eigenvalue weighted by Gasteiger charge is -2.30. The van der Waals surface area contributed by atoms with Gasteiger partial charge in [0.2, 0.25) is 0 Å². The van der Waals surface area contributed by atoms with E-state index in [9.17, 15) is 9.59 Å². The summed E-state index contributed by atoms with van der Waals surface area (Å²) >= 11 is 0. The summed E-state index contributed by atoms with van der Waals surface area (Å²) < 4.78 is 5.49. The van der Waals surface area contributed by atoms with Crippen molar-refractivity contribution in [2.45, 2.75) is 6.42 Å². The average molecular weight is 308 g/mol. The second-order valence-electron chi connectivity index (χ2n) is 5.02. The second kappa shape index (κ2) is 7.77. The number of rotatable bonds is 8. The molecular weight excluding hydrogens is 288 g/mol. The third kappa shape index (κ3) is 4.19. The van der Waals surface area contributed by atoms with E-state index >= 15 is 0 Å². The van der Waals surface area contributed by atoms with Crippen molar-refractivity contribution in [2.75, 3.05) is 44.3 Å². The Kier molecular flexibility index (Phi) is 5.74. The van der Waals surface area contributed by atoms with Crippen LogP contribution in [0.25, 0.3) is 0 Å². The Morgan fingerprint density at radius 2 is 2.18 bits per heavy atom. The number of aliphatic hydroxyl groups excluding tert-OH is 1. The van der Waals surface area contributed by atoms with Crippen molar-refractivity contribution in [1.82, 2.24) is 5.32 Å². The van der Waals surface area contributed by atoms with Gasteiger partial charge in [-0.1, -0.05) is 0 Å². The van der Waals surface area contributed by atoms with E-state index in [-0.39, 0.29) is 25.5 Å². The molecule has 7 nitrogen and oxygen atoms in total. The van der Waals surface area contributed by atoms with Crippen molar-refractivity contribution < 1.29 is 24.5 Å². The molecule has 0 unspecified atom stereocenters. The molecule has 0 amide bonds. The number of carboxylic acids is 1. The minimum Gasteiger partial charge on any atom is -0.490 e. The maximum absolute atomic E-state index is 12.1. The van der Waals surface area contributed by atoms with E-state index in [4.69, 9.17) is 14.9 Å². The van der Waals surface area contributed by atoms with Gasteiger partial charge >= 0.3 is 5.97 Å². The first-order valence-corrected chi connectivity index (χ1v) is 7.20. The van der Waals surface area contributed by atoms with Gasteiger partial charge in [-0.15, -0.1) is 0 Å². The Morgan fingerprint density at radius 3 is 2.91 bits per heavy atom. The smallest absolute Gasteiger partial charge is 0.323 e. The van der Waals surface area contributed by atoms with Crippen LogP contribution >= 0.6 is 0 Å². The third-order valence-corrected chi connectivity index (χ3v) is 3.36. The highest BCUT2D eigenvalue weighted by Crippen LogP contribution is 2.32. The molecule has 7 heteroatoms. The summed E-state index contributed by atoms with van der Waals surface area (Å²) in [7, 11) is 0. The molecule has 0 bridgehead atoms. The molecule has 1 heterocycles. The van der Waals surface area contributed by atoms with Crippen molar-refractivity contribution in [3.8, 4) is 5.75 Å². The lowest BCUT2D eigenvalue weighted by Crippen LogP contribution is -2.37. The van der Waals surface area contributed by atoms with Gasteiger partial charge in [-0.2, -0.15) is 0 Å². The van der Waals surface area contributed by atoms with Gasteiger partial charge < -0.3 is 25.2 Å². The van der Waals surface area contributed by atoms with Gasteiger partial charge in [0.05, 0.1) is 18.8 Å². The Balaban J connectivity index is 2.08. The number of aliphatic carboxylic acids is 1. The predicted octanol–water partition coefficient (Wildman–Crippen LogP) is 0.125. The van der Waals surface area contributed by atoms with Gasteiger partial charge in [0.25, 0.3) is 0 Å². The molecule has 3 N–H and O–H groups in total. The highest BCUT2D eigenvalue weighted by molar-refractivity contribution is 5.99. The first-order valence-electron chi connectivity index (χ1n) is 7.20. The van der Waals surface area contributed by atoms with E-state index in [2.05, 4.69) is 5.32 Å². The van der Waals surface area contributed by atoms with Gasteiger partial charge in [-0.25, -0.2) is 0 Å². The number of fused-ring (bicyclic) bond motifs is 1. The number of ether oxygens (including phenoxy) is 1. The van der Waals surface area contributed by atoms with Gasteiger partial charge in [0.15, 0.2) is 5.78 Å². The van der Waals surface area contributed by atoms with Gasteiger partial charge in [0, 0.05) is 12.2 Å². The number of hydrogen-bond acceptors (Lipinski definition) is 6. The fourth-order valence-corrected chi connectivity index (χ4v) is 2.28. The molecule has 120 valence electrons. The van der Waals surface area contributed by atoms with E-state index in [0.29, 0.717) is 43.1 Å². The summed E-state index contributed by atoms with van der Waals surface area (Å²) in [6.45, 7) is 1.62. The normalized spacial score (nSPS) is 13.4. The Labute approximate surface area is 128 Å². The fourth-order valence-electron chi connectivity index (χ4n) is 2.28. The molecule has 1 aromatic rings. The molecule has 0 fully saturated rings. The van der Waals surface area contributed by atoms with Crippen LogP contribution in [0.15, 0.2) is 18.2 Å². The van der Waals surface area contributed by atoms with E-state index in [0.717, 1.165) is 0 Å². The number of aliphatic hydroxyl groups is 1. The van der Waals surface area contributed by atoms with Crippen molar-refractivity contribution in [3.63, 3.8) is 0 Å². The minimum absolute atomic E-state index is 0.0819. The Bertz CT molecular complexity index is 547. The first kappa shape index (κ1) is 16.3. The van der Waals surface area contributed by atoms with Crippen LogP contribution in [0.4, 0.5) is 5.69 Å². The van der Waals surface area contributed by atoms with Crippen LogP contribution in [-0.2, 0) is 4.79 Å². The SMILES string of the molecule is O=C(O)CN1CCOc2ccc(C(=O)CNCCCO)cc21. The maximum atomic E-state index is 12.1. The zero-order chi connectivity index (χ0) is 15.9. The number of benzene rings is 1. The van der Waals surface area contributed by atoms with Crippen molar-refractivity contribution in [2.24, 2.45) is 0 Å². The fraction of sp³-hybridized carbons (Fsp3) is 0.467. The summed E-state index contributed by atoms with van der Waals surface area (Å²) in [5.74, 6) is -0.408. The number of carbonyl (C=O) groups excluding carboxylic acids is 1. The Hall–Kier alpha value is -2.12. The number of hydrogen-bond donors (Lipinski definition) is 3. The van der Waals surface area contributed by atoms with Crippen LogP contribution in [-0.4, -0.2) is 61.4 Å². The lowest BCUT2D eigenvalue weighted by atomic mass is 10.1. The van der Waals surface area contributed by atoms with E-state index < -0.39 is 5.97 Å². The summed E-state index contributed by atoms with van der Waals surface area (Å²) in [5.41, 5.74) is 1.14. The minimum atomic E-state index is -0.921. The second-order valence-corrected chi connectivity index (χ2v) is 5.02. The number of ketones is 1. The monoisotopic (exact) mass is 308 g/mol. The van der Waals surface area contributed by atoms with Crippen molar-refractivity contribution >= 4 is 17.4 Å². The summed E-state index contributed by atoms with van der Waals surface area (Å²) in [6, 6.07) is 5.05. The van der Waals surface area contributed by atoms with Gasteiger partial charge in [0.1, 0.15) is 18.9 Å². The number of carbonyl (C=O) groups is 2. The topological polar surface area (TPSA) is 99.1 Å². The highest BCUT2D eigenvalue weighted by Gasteiger charge is 2.21. The summed E-state index contributed by atoms with van der Waals surface area (Å²) in [4.78, 5) is 24.7. The summed E-state index contributed by atoms with van der Waals surface area (Å²) in [6.07, 6.45) is 0.595. The van der Waals surface area contributed by atoms with Crippen LogP contribution in [0.2, 0.25) is 0 Å². The standard InChI is InChI=1S/C15H20N2O5/c18-6-1-4-16-9-13(19)11-2-3-14-12(8-11)17(5-7-22-14)10-15(20)21/h2-3,8,16,18H,1,4-7,9-10H2,(H,20,21). The molecule has 0 saturated carbocycles. The zero-order valence-corrected chi connectivity index (χ0v) is 12.2. The van der Waals surface area contributed by atoms with Crippen LogP contribution in [0.3, 0.4) is 0 Å². The number of Topliss-reactive ketones (excluding diaryl/α,β-unsaturated/α-hetero) is 1. The first-order chi connectivity index (χ1) is 10.6. The zero-order valence-electron chi connectivity index (χ0n) is 12.2. The number of carboxylic acid groups (broad SMARTS) is 1. The molecule has 22 heavy (non-hydrogen) atoms. The third-order valence-electron chi connectivity index (χ3n) is 3.36. The van der Waals surface area contributed by atoms with Crippen molar-refractivity contribution in [3.05, 3.63) is 23.8 Å². The van der Waals surface area contributed by atoms with E-state index in [1.807, 2.05) is 0 Å². The molecule has 1 aliphatic heterocycles. The van der Waals surface area contributed by atoms with E-state index in [1.54, 1.807) is 23.1 Å². The molecule has 0 atom stereocenters. The highest BCUT2D eigenvalue weighted by atomic mass is 16.5. The molecule has 2 rings (SSSR count). The quantitative estimate of drug-likeness (QED) is 0.463.